The first-order valence-electron chi connectivity index (χ1n) is 4.31. The Bertz CT molecular complexity index is 459. The zero-order valence-corrected chi connectivity index (χ0v) is 9.85. The Hall–Kier alpha value is -0.620. The van der Waals surface area contributed by atoms with Gasteiger partial charge < -0.3 is 11.5 Å². The van der Waals surface area contributed by atoms with Crippen LogP contribution < -0.4 is 11.5 Å². The molecule has 6 heteroatoms. The van der Waals surface area contributed by atoms with Gasteiger partial charge in [0, 0.05) is 23.9 Å². The highest BCUT2D eigenvalue weighted by molar-refractivity contribution is 7.90. The minimum absolute atomic E-state index is 0.181. The Balaban J connectivity index is 3.20. The molecule has 0 heterocycles. The quantitative estimate of drug-likeness (QED) is 0.825. The fourth-order valence-corrected chi connectivity index (χ4v) is 2.20. The van der Waals surface area contributed by atoms with Gasteiger partial charge in [-0.1, -0.05) is 17.7 Å². The zero-order chi connectivity index (χ0) is 11.6. The molecule has 0 amide bonds. The second-order valence-corrected chi connectivity index (χ2v) is 5.72. The van der Waals surface area contributed by atoms with E-state index in [-0.39, 0.29) is 17.5 Å². The summed E-state index contributed by atoms with van der Waals surface area (Å²) in [4.78, 5) is 0.181. The Morgan fingerprint density at radius 3 is 2.47 bits per heavy atom. The standard InChI is InChI=1S/C9H13ClN2O2S/c1-15(13,14)6-2-3-7(8(10)4-6)9(12)5-11/h2-4,9H,5,11-12H2,1H3. The van der Waals surface area contributed by atoms with Crippen LogP contribution in [0, 0.1) is 0 Å². The zero-order valence-electron chi connectivity index (χ0n) is 8.27. The van der Waals surface area contributed by atoms with Crippen molar-refractivity contribution in [2.45, 2.75) is 10.9 Å². The van der Waals surface area contributed by atoms with Crippen LogP contribution in [0.2, 0.25) is 5.02 Å². The number of nitrogens with two attached hydrogens (primary N) is 2. The van der Waals surface area contributed by atoms with E-state index in [0.29, 0.717) is 10.6 Å². The van der Waals surface area contributed by atoms with E-state index >= 15 is 0 Å². The molecule has 1 aromatic carbocycles. The molecule has 1 unspecified atom stereocenters. The van der Waals surface area contributed by atoms with Crippen molar-refractivity contribution in [2.75, 3.05) is 12.8 Å². The summed E-state index contributed by atoms with van der Waals surface area (Å²) < 4.78 is 22.4. The average Bonchev–Trinajstić information content (AvgIpc) is 2.15. The molecule has 84 valence electrons. The molecule has 1 atom stereocenters. The highest BCUT2D eigenvalue weighted by Gasteiger charge is 2.13. The Morgan fingerprint density at radius 2 is 2.07 bits per heavy atom. The second-order valence-electron chi connectivity index (χ2n) is 3.30. The summed E-state index contributed by atoms with van der Waals surface area (Å²) in [5, 5.41) is 0.330. The molecule has 0 aromatic heterocycles. The molecule has 0 bridgehead atoms. The van der Waals surface area contributed by atoms with Crippen molar-refractivity contribution in [1.29, 1.82) is 0 Å². The Labute approximate surface area is 94.1 Å². The van der Waals surface area contributed by atoms with E-state index in [1.165, 1.54) is 12.1 Å². The maximum absolute atomic E-state index is 11.2. The second kappa shape index (κ2) is 4.49. The van der Waals surface area contributed by atoms with Gasteiger partial charge in [-0.15, -0.1) is 0 Å². The Kier molecular flexibility index (Phi) is 3.72. The van der Waals surface area contributed by atoms with E-state index in [1.54, 1.807) is 6.07 Å². The first-order valence-corrected chi connectivity index (χ1v) is 6.58. The molecule has 0 aliphatic carbocycles. The molecule has 4 nitrogen and oxygen atoms in total. The van der Waals surface area contributed by atoms with Gasteiger partial charge >= 0.3 is 0 Å². The number of hydrogen-bond donors (Lipinski definition) is 2. The molecular formula is C9H13ClN2O2S. The summed E-state index contributed by atoms with van der Waals surface area (Å²) in [6.45, 7) is 0.262. The van der Waals surface area contributed by atoms with E-state index in [1.807, 2.05) is 0 Å². The molecule has 0 saturated heterocycles. The molecule has 0 fully saturated rings. The molecule has 1 rings (SSSR count). The van der Waals surface area contributed by atoms with E-state index in [4.69, 9.17) is 23.1 Å². The topological polar surface area (TPSA) is 86.2 Å². The predicted molar refractivity (Wildman–Crippen MR) is 60.5 cm³/mol. The highest BCUT2D eigenvalue weighted by Crippen LogP contribution is 2.24. The van der Waals surface area contributed by atoms with Crippen LogP contribution in [-0.2, 0) is 9.84 Å². The molecule has 0 saturated carbocycles. The highest BCUT2D eigenvalue weighted by atomic mass is 35.5. The largest absolute Gasteiger partial charge is 0.329 e. The number of sulfone groups is 1. The normalized spacial score (nSPS) is 13.9. The predicted octanol–water partition coefficient (Wildman–Crippen LogP) is 0.702. The van der Waals surface area contributed by atoms with Gasteiger partial charge in [-0.05, 0) is 17.7 Å². The summed E-state index contributed by atoms with van der Waals surface area (Å²) in [7, 11) is -3.23. The summed E-state index contributed by atoms with van der Waals surface area (Å²) in [6, 6.07) is 4.09. The van der Waals surface area contributed by atoms with Gasteiger partial charge in [0.2, 0.25) is 0 Å². The van der Waals surface area contributed by atoms with Crippen molar-refractivity contribution in [3.8, 4) is 0 Å². The van der Waals surface area contributed by atoms with Crippen molar-refractivity contribution in [2.24, 2.45) is 11.5 Å². The van der Waals surface area contributed by atoms with Gasteiger partial charge in [0.1, 0.15) is 0 Å². The number of benzene rings is 1. The molecular weight excluding hydrogens is 236 g/mol. The smallest absolute Gasteiger partial charge is 0.175 e. The van der Waals surface area contributed by atoms with Gasteiger partial charge in [-0.25, -0.2) is 8.42 Å². The lowest BCUT2D eigenvalue weighted by atomic mass is 10.1. The van der Waals surface area contributed by atoms with Crippen LogP contribution in [0.1, 0.15) is 11.6 Å². The van der Waals surface area contributed by atoms with Crippen LogP contribution in [0.3, 0.4) is 0 Å². The third-order valence-corrected chi connectivity index (χ3v) is 3.49. The fraction of sp³-hybridized carbons (Fsp3) is 0.333. The molecule has 0 aliphatic heterocycles. The minimum atomic E-state index is -3.23. The lowest BCUT2D eigenvalue weighted by Gasteiger charge is -2.11. The van der Waals surface area contributed by atoms with Gasteiger partial charge in [0.15, 0.2) is 9.84 Å². The average molecular weight is 249 g/mol. The van der Waals surface area contributed by atoms with Gasteiger partial charge in [0.25, 0.3) is 0 Å². The molecule has 15 heavy (non-hydrogen) atoms. The number of halogens is 1. The van der Waals surface area contributed by atoms with E-state index in [9.17, 15) is 8.42 Å². The Morgan fingerprint density at radius 1 is 1.47 bits per heavy atom. The SMILES string of the molecule is CS(=O)(=O)c1ccc(C(N)CN)c(Cl)c1. The van der Waals surface area contributed by atoms with Crippen molar-refractivity contribution in [3.63, 3.8) is 0 Å². The maximum atomic E-state index is 11.2. The molecule has 0 radical (unpaired) electrons. The minimum Gasteiger partial charge on any atom is -0.329 e. The van der Waals surface area contributed by atoms with Gasteiger partial charge in [-0.3, -0.25) is 0 Å². The van der Waals surface area contributed by atoms with E-state index in [2.05, 4.69) is 0 Å². The van der Waals surface area contributed by atoms with Gasteiger partial charge in [-0.2, -0.15) is 0 Å². The fourth-order valence-electron chi connectivity index (χ4n) is 1.17. The van der Waals surface area contributed by atoms with Crippen molar-refractivity contribution in [1.82, 2.24) is 0 Å². The van der Waals surface area contributed by atoms with Crippen LogP contribution in [0.25, 0.3) is 0 Å². The third kappa shape index (κ3) is 2.92. The van der Waals surface area contributed by atoms with Crippen LogP contribution in [0.4, 0.5) is 0 Å². The number of hydrogen-bond acceptors (Lipinski definition) is 4. The van der Waals surface area contributed by atoms with Crippen molar-refractivity contribution >= 4 is 21.4 Å². The summed E-state index contributed by atoms with van der Waals surface area (Å²) >= 11 is 5.91. The lowest BCUT2D eigenvalue weighted by Crippen LogP contribution is -2.21. The van der Waals surface area contributed by atoms with Crippen LogP contribution in [0.5, 0.6) is 0 Å². The monoisotopic (exact) mass is 248 g/mol. The third-order valence-electron chi connectivity index (χ3n) is 2.05. The maximum Gasteiger partial charge on any atom is 0.175 e. The lowest BCUT2D eigenvalue weighted by molar-refractivity contribution is 0.601. The molecule has 0 spiro atoms. The van der Waals surface area contributed by atoms with Crippen LogP contribution in [0.15, 0.2) is 23.1 Å². The first-order chi connectivity index (χ1) is 6.86. The number of rotatable bonds is 3. The molecule has 4 N–H and O–H groups in total. The van der Waals surface area contributed by atoms with Crippen molar-refractivity contribution in [3.05, 3.63) is 28.8 Å². The first kappa shape index (κ1) is 12.4. The summed E-state index contributed by atoms with van der Waals surface area (Å²) in [5.41, 5.74) is 11.7. The molecule has 1 aromatic rings. The summed E-state index contributed by atoms with van der Waals surface area (Å²) in [6.07, 6.45) is 1.13. The molecule has 0 aliphatic rings. The van der Waals surface area contributed by atoms with Gasteiger partial charge in [0.05, 0.1) is 4.90 Å². The van der Waals surface area contributed by atoms with E-state index in [0.717, 1.165) is 6.26 Å². The van der Waals surface area contributed by atoms with Crippen molar-refractivity contribution < 1.29 is 8.42 Å². The van der Waals surface area contributed by atoms with Crippen LogP contribution in [-0.4, -0.2) is 21.2 Å². The summed E-state index contributed by atoms with van der Waals surface area (Å²) in [5.74, 6) is 0. The van der Waals surface area contributed by atoms with Crippen LogP contribution >= 0.6 is 11.6 Å². The van der Waals surface area contributed by atoms with E-state index < -0.39 is 9.84 Å².